The zero-order valence-electron chi connectivity index (χ0n) is 16.5. The van der Waals surface area contributed by atoms with Crippen LogP contribution in [0.25, 0.3) is 11.0 Å². The van der Waals surface area contributed by atoms with Crippen molar-refractivity contribution < 1.29 is 45.8 Å². The van der Waals surface area contributed by atoms with Gasteiger partial charge in [0.25, 0.3) is 0 Å². The monoisotopic (exact) mass is 477 g/mol. The van der Waals surface area contributed by atoms with Crippen LogP contribution in [0.5, 0.6) is 0 Å². The molecule has 7 nitrogen and oxygen atoms in total. The Hall–Kier alpha value is -3.45. The van der Waals surface area contributed by atoms with E-state index in [-0.39, 0.29) is 23.3 Å². The van der Waals surface area contributed by atoms with E-state index in [1.54, 1.807) is 5.32 Å². The van der Waals surface area contributed by atoms with Gasteiger partial charge in [-0.15, -0.1) is 0 Å². The minimum Gasteiger partial charge on any atom is -0.455 e. The Morgan fingerprint density at radius 3 is 2.33 bits per heavy atom. The van der Waals surface area contributed by atoms with E-state index < -0.39 is 59.8 Å². The Balaban J connectivity index is 1.79. The lowest BCUT2D eigenvalue weighted by molar-refractivity contribution is -0.158. The van der Waals surface area contributed by atoms with Crippen LogP contribution in [0.1, 0.15) is 11.8 Å². The summed E-state index contributed by atoms with van der Waals surface area (Å²) in [6.45, 7) is -0.724. The molecule has 178 valence electrons. The molecule has 0 saturated carbocycles. The number of aliphatic hydroxyl groups excluding tert-OH is 2. The van der Waals surface area contributed by atoms with Gasteiger partial charge < -0.3 is 30.6 Å². The van der Waals surface area contributed by atoms with Crippen LogP contribution in [0.3, 0.4) is 0 Å². The topological polar surface area (TPSA) is 107 Å². The molecule has 0 spiro atoms. The highest BCUT2D eigenvalue weighted by Crippen LogP contribution is 2.36. The molecule has 0 aliphatic carbocycles. The minimum atomic E-state index is -5.07. The Labute approximate surface area is 182 Å². The number of aliphatic hydroxyl groups is 2. The number of hydrogen-bond acceptors (Lipinski definition) is 5. The van der Waals surface area contributed by atoms with Crippen LogP contribution in [-0.4, -0.2) is 41.7 Å². The molecular weight excluding hydrogens is 460 g/mol. The van der Waals surface area contributed by atoms with Crippen molar-refractivity contribution in [1.29, 1.82) is 0 Å². The van der Waals surface area contributed by atoms with Gasteiger partial charge in [-0.05, 0) is 30.3 Å². The molecule has 5 N–H and O–H groups in total. The number of furan rings is 1. The molecule has 0 bridgehead atoms. The van der Waals surface area contributed by atoms with E-state index >= 15 is 0 Å². The Bertz CT molecular complexity index is 1150. The molecule has 0 fully saturated rings. The number of halogens is 6. The number of fused-ring (bicyclic) bond motifs is 1. The normalized spacial score (nSPS) is 13.6. The number of urea groups is 1. The van der Waals surface area contributed by atoms with Crippen molar-refractivity contribution in [3.63, 3.8) is 0 Å². The van der Waals surface area contributed by atoms with E-state index in [4.69, 9.17) is 9.52 Å². The molecular formula is C20H17F6N3O4. The summed E-state index contributed by atoms with van der Waals surface area (Å²) in [4.78, 5) is 12.2. The number of anilines is 2. The summed E-state index contributed by atoms with van der Waals surface area (Å²) in [5, 5.41) is 24.1. The summed E-state index contributed by atoms with van der Waals surface area (Å²) in [5.74, 6) is -3.98. The van der Waals surface area contributed by atoms with Crippen LogP contribution < -0.4 is 16.0 Å². The molecule has 0 saturated heterocycles. The Morgan fingerprint density at radius 1 is 1.00 bits per heavy atom. The highest BCUT2D eigenvalue weighted by atomic mass is 19.4. The van der Waals surface area contributed by atoms with Crippen molar-refractivity contribution in [2.75, 3.05) is 23.8 Å². The lowest BCUT2D eigenvalue weighted by Gasteiger charge is -2.20. The van der Waals surface area contributed by atoms with Gasteiger partial charge in [0, 0.05) is 29.4 Å². The third kappa shape index (κ3) is 6.08. The van der Waals surface area contributed by atoms with Gasteiger partial charge >= 0.3 is 12.2 Å². The zero-order valence-corrected chi connectivity index (χ0v) is 16.5. The Kier molecular flexibility index (Phi) is 7.03. The summed E-state index contributed by atoms with van der Waals surface area (Å²) in [6.07, 6.45) is -6.22. The maximum absolute atomic E-state index is 13.8. The average molecular weight is 477 g/mol. The van der Waals surface area contributed by atoms with E-state index in [9.17, 15) is 36.2 Å². The number of carbonyl (C=O) groups is 1. The molecule has 1 aromatic heterocycles. The van der Waals surface area contributed by atoms with Crippen LogP contribution in [0.2, 0.25) is 0 Å². The van der Waals surface area contributed by atoms with Crippen LogP contribution in [0.15, 0.2) is 40.8 Å². The van der Waals surface area contributed by atoms with Gasteiger partial charge in [-0.2, -0.15) is 13.2 Å². The second kappa shape index (κ2) is 9.58. The first-order valence-corrected chi connectivity index (χ1v) is 9.32. The van der Waals surface area contributed by atoms with Crippen molar-refractivity contribution in [3.05, 3.63) is 59.6 Å². The van der Waals surface area contributed by atoms with Crippen molar-refractivity contribution in [2.24, 2.45) is 0 Å². The van der Waals surface area contributed by atoms with Gasteiger partial charge in [0.05, 0.1) is 12.7 Å². The number of amides is 2. The first-order valence-electron chi connectivity index (χ1n) is 9.32. The highest BCUT2D eigenvalue weighted by molar-refractivity contribution is 5.90. The third-order valence-electron chi connectivity index (χ3n) is 4.35. The molecule has 13 heteroatoms. The smallest absolute Gasteiger partial charge is 0.416 e. The fourth-order valence-electron chi connectivity index (χ4n) is 2.91. The van der Waals surface area contributed by atoms with E-state index in [1.807, 2.05) is 5.32 Å². The van der Waals surface area contributed by atoms with E-state index in [1.165, 1.54) is 6.07 Å². The third-order valence-corrected chi connectivity index (χ3v) is 4.35. The fourth-order valence-corrected chi connectivity index (χ4v) is 2.91. The van der Waals surface area contributed by atoms with Crippen molar-refractivity contribution in [3.8, 4) is 0 Å². The first kappa shape index (κ1) is 24.2. The quantitative estimate of drug-likeness (QED) is 0.331. The van der Waals surface area contributed by atoms with Gasteiger partial charge in [-0.25, -0.2) is 18.0 Å². The summed E-state index contributed by atoms with van der Waals surface area (Å²) < 4.78 is 86.5. The van der Waals surface area contributed by atoms with Gasteiger partial charge in [0.1, 0.15) is 17.4 Å². The largest absolute Gasteiger partial charge is 0.455 e. The van der Waals surface area contributed by atoms with E-state index in [2.05, 4.69) is 5.32 Å². The molecule has 2 aromatic carbocycles. The van der Waals surface area contributed by atoms with Gasteiger partial charge in [-0.3, -0.25) is 0 Å². The molecule has 2 amide bonds. The summed E-state index contributed by atoms with van der Waals surface area (Å²) >= 11 is 0. The number of benzene rings is 2. The SMILES string of the molecule is O=C(Nc1cc(F)cc(NC[C@@H](O)CO)c1)N[C@H](c1cc2cc(F)cc(F)c2o1)C(F)(F)F. The average Bonchev–Trinajstić information content (AvgIpc) is 3.12. The maximum Gasteiger partial charge on any atom is 0.416 e. The van der Waals surface area contributed by atoms with Crippen molar-refractivity contribution in [1.82, 2.24) is 5.32 Å². The van der Waals surface area contributed by atoms with Crippen LogP contribution in [-0.2, 0) is 0 Å². The summed E-state index contributed by atoms with van der Waals surface area (Å²) in [6, 6.07) is 0.838. The molecule has 1 heterocycles. The second-order valence-corrected chi connectivity index (χ2v) is 6.97. The fraction of sp³-hybridized carbons (Fsp3) is 0.250. The molecule has 0 aliphatic rings. The lowest BCUT2D eigenvalue weighted by Crippen LogP contribution is -2.40. The first-order chi connectivity index (χ1) is 15.5. The number of carbonyl (C=O) groups excluding carboxylic acids is 1. The van der Waals surface area contributed by atoms with Crippen LogP contribution in [0, 0.1) is 17.5 Å². The highest BCUT2D eigenvalue weighted by Gasteiger charge is 2.44. The molecule has 33 heavy (non-hydrogen) atoms. The van der Waals surface area contributed by atoms with Gasteiger partial charge in [-0.1, -0.05) is 0 Å². The maximum atomic E-state index is 13.8. The van der Waals surface area contributed by atoms with Gasteiger partial charge in [0.15, 0.2) is 17.4 Å². The molecule has 0 aliphatic heterocycles. The van der Waals surface area contributed by atoms with E-state index in [0.29, 0.717) is 6.07 Å². The Morgan fingerprint density at radius 2 is 1.67 bits per heavy atom. The number of hydrogen-bond donors (Lipinski definition) is 5. The van der Waals surface area contributed by atoms with E-state index in [0.717, 1.165) is 24.3 Å². The molecule has 0 unspecified atom stereocenters. The van der Waals surface area contributed by atoms with Crippen LogP contribution in [0.4, 0.5) is 42.5 Å². The minimum absolute atomic E-state index is 0.0694. The van der Waals surface area contributed by atoms with Gasteiger partial charge in [0.2, 0.25) is 0 Å². The molecule has 2 atom stereocenters. The van der Waals surface area contributed by atoms with Crippen LogP contribution >= 0.6 is 0 Å². The zero-order chi connectivity index (χ0) is 24.3. The summed E-state index contributed by atoms with van der Waals surface area (Å²) in [7, 11) is 0. The molecule has 0 radical (unpaired) electrons. The standard InChI is InChI=1S/C20H17F6N3O4/c21-10-1-9-2-16(33-17(9)15(23)5-10)18(20(24,25)26)29-19(32)28-13-4-11(22)3-12(6-13)27-7-14(31)8-30/h1-6,14,18,27,30-31H,7-8H2,(H2,28,29,32)/t14-,18-/m1/s1. The number of alkyl halides is 3. The molecule has 3 rings (SSSR count). The molecule has 3 aromatic rings. The second-order valence-electron chi connectivity index (χ2n) is 6.97. The van der Waals surface area contributed by atoms with Crippen molar-refractivity contribution in [2.45, 2.75) is 18.3 Å². The number of rotatable bonds is 7. The predicted octanol–water partition coefficient (Wildman–Crippen LogP) is 4.04. The van der Waals surface area contributed by atoms with Crippen molar-refractivity contribution >= 4 is 28.4 Å². The lowest BCUT2D eigenvalue weighted by atomic mass is 10.2. The number of nitrogens with one attached hydrogen (secondary N) is 3. The summed E-state index contributed by atoms with van der Waals surface area (Å²) in [5.41, 5.74) is -0.777. The predicted molar refractivity (Wildman–Crippen MR) is 105 cm³/mol.